The Bertz CT molecular complexity index is 1530. The fourth-order valence-corrected chi connectivity index (χ4v) is 5.28. The largest absolute Gasteiger partial charge is 0.496 e. The van der Waals surface area contributed by atoms with Crippen molar-refractivity contribution in [2.45, 2.75) is 25.4 Å². The van der Waals surface area contributed by atoms with Crippen LogP contribution >= 0.6 is 11.6 Å². The lowest BCUT2D eigenvalue weighted by Crippen LogP contribution is -2.41. The molecule has 5 rings (SSSR count). The van der Waals surface area contributed by atoms with Gasteiger partial charge < -0.3 is 28.8 Å². The summed E-state index contributed by atoms with van der Waals surface area (Å²) in [6, 6.07) is 16.1. The van der Waals surface area contributed by atoms with Crippen molar-refractivity contribution < 1.29 is 28.9 Å². The van der Waals surface area contributed by atoms with Crippen molar-refractivity contribution in [2.75, 3.05) is 27.4 Å². The molecule has 1 aliphatic heterocycles. The highest BCUT2D eigenvalue weighted by Crippen LogP contribution is 2.41. The van der Waals surface area contributed by atoms with E-state index in [-0.39, 0.29) is 12.3 Å². The van der Waals surface area contributed by atoms with E-state index in [9.17, 15) is 14.7 Å². The minimum absolute atomic E-state index is 0.0598. The zero-order valence-corrected chi connectivity index (χ0v) is 22.4. The van der Waals surface area contributed by atoms with Gasteiger partial charge in [-0.05, 0) is 41.8 Å². The fraction of sp³-hybridized carbons (Fsp3) is 0.276. The Balaban J connectivity index is 1.47. The van der Waals surface area contributed by atoms with E-state index in [1.807, 2.05) is 46.0 Å². The van der Waals surface area contributed by atoms with Crippen molar-refractivity contribution in [2.24, 2.45) is 0 Å². The third-order valence-corrected chi connectivity index (χ3v) is 7.12. The molecule has 1 amide bonds. The normalized spacial score (nSPS) is 14.6. The molecule has 4 aromatic rings. The maximum absolute atomic E-state index is 13.8. The molecule has 1 atom stereocenters. The number of rotatable bonds is 9. The van der Waals surface area contributed by atoms with Gasteiger partial charge in [-0.2, -0.15) is 4.98 Å². The topological polar surface area (TPSA) is 103 Å². The number of carboxylic acids is 1. The molecule has 0 saturated carbocycles. The molecular formula is C29H28ClN3O6. The summed E-state index contributed by atoms with van der Waals surface area (Å²) in [5.74, 6) is 0.294. The van der Waals surface area contributed by atoms with E-state index < -0.39 is 18.6 Å². The molecule has 202 valence electrons. The van der Waals surface area contributed by atoms with Crippen LogP contribution in [0.4, 0.5) is 0 Å². The second-order valence-corrected chi connectivity index (χ2v) is 9.60. The summed E-state index contributed by atoms with van der Waals surface area (Å²) < 4.78 is 18.3. The van der Waals surface area contributed by atoms with Gasteiger partial charge >= 0.3 is 5.97 Å². The minimum atomic E-state index is -1.09. The minimum Gasteiger partial charge on any atom is -0.496 e. The van der Waals surface area contributed by atoms with Gasteiger partial charge in [0.15, 0.2) is 6.61 Å². The predicted octanol–water partition coefficient (Wildman–Crippen LogP) is 4.73. The SMILES string of the molecule is COc1cc(OC)c2ccn(CCC(=O)N3CCc4ccccc4C3c3cc(Cl)ccc3OCC(=O)O)c2n1. The molecule has 1 unspecified atom stereocenters. The highest BCUT2D eigenvalue weighted by atomic mass is 35.5. The monoisotopic (exact) mass is 549 g/mol. The first-order chi connectivity index (χ1) is 18.9. The highest BCUT2D eigenvalue weighted by molar-refractivity contribution is 6.30. The van der Waals surface area contributed by atoms with Crippen LogP contribution in [0.3, 0.4) is 0 Å². The van der Waals surface area contributed by atoms with Gasteiger partial charge in [0, 0.05) is 42.4 Å². The molecule has 10 heteroatoms. The molecule has 0 aliphatic carbocycles. The second-order valence-electron chi connectivity index (χ2n) is 9.17. The molecule has 0 radical (unpaired) electrons. The van der Waals surface area contributed by atoms with Gasteiger partial charge in [-0.15, -0.1) is 0 Å². The first kappa shape index (κ1) is 26.4. The standard InChI is InChI=1S/C29H28ClN3O6/c1-37-24-16-25(38-2)31-29-21(24)10-12-32(29)13-11-26(34)33-14-9-18-5-3-4-6-20(18)28(33)22-15-19(30)7-8-23(22)39-17-27(35)36/h3-8,10,12,15-16,28H,9,11,13-14,17H2,1-2H3,(H,35,36). The molecule has 2 aromatic carbocycles. The number of halogens is 1. The van der Waals surface area contributed by atoms with Crippen LogP contribution < -0.4 is 14.2 Å². The molecule has 3 heterocycles. The zero-order valence-electron chi connectivity index (χ0n) is 21.6. The summed E-state index contributed by atoms with van der Waals surface area (Å²) in [5.41, 5.74) is 3.39. The van der Waals surface area contributed by atoms with E-state index in [1.165, 1.54) is 0 Å². The third kappa shape index (κ3) is 5.35. The van der Waals surface area contributed by atoms with Gasteiger partial charge in [-0.1, -0.05) is 35.9 Å². The molecule has 1 aliphatic rings. The van der Waals surface area contributed by atoms with Crippen molar-refractivity contribution in [3.63, 3.8) is 0 Å². The number of methoxy groups -OCH3 is 2. The Labute approximate surface area is 230 Å². The molecular weight excluding hydrogens is 522 g/mol. The number of benzene rings is 2. The number of amides is 1. The summed E-state index contributed by atoms with van der Waals surface area (Å²) >= 11 is 6.38. The molecule has 39 heavy (non-hydrogen) atoms. The van der Waals surface area contributed by atoms with E-state index in [2.05, 4.69) is 4.98 Å². The van der Waals surface area contributed by atoms with Crippen molar-refractivity contribution in [3.8, 4) is 17.4 Å². The molecule has 9 nitrogen and oxygen atoms in total. The van der Waals surface area contributed by atoms with Crippen LogP contribution in [0.1, 0.15) is 29.2 Å². The van der Waals surface area contributed by atoms with E-state index in [0.29, 0.717) is 53.1 Å². The number of carboxylic acid groups (broad SMARTS) is 1. The van der Waals surface area contributed by atoms with Crippen molar-refractivity contribution in [1.82, 2.24) is 14.5 Å². The van der Waals surface area contributed by atoms with Crippen molar-refractivity contribution in [1.29, 1.82) is 0 Å². The number of ether oxygens (including phenoxy) is 3. The lowest BCUT2D eigenvalue weighted by Gasteiger charge is -2.38. The van der Waals surface area contributed by atoms with Crippen LogP contribution in [0.15, 0.2) is 60.8 Å². The average molecular weight is 550 g/mol. The van der Waals surface area contributed by atoms with Crippen LogP contribution in [-0.4, -0.2) is 58.8 Å². The van der Waals surface area contributed by atoms with E-state index >= 15 is 0 Å². The number of hydrogen-bond donors (Lipinski definition) is 1. The number of aromatic nitrogens is 2. The van der Waals surface area contributed by atoms with Crippen LogP contribution in [0.5, 0.6) is 17.4 Å². The summed E-state index contributed by atoms with van der Waals surface area (Å²) in [6.07, 6.45) is 2.80. The number of carbonyl (C=O) groups is 2. The quantitative estimate of drug-likeness (QED) is 0.322. The molecule has 2 aromatic heterocycles. The zero-order chi connectivity index (χ0) is 27.5. The first-order valence-electron chi connectivity index (χ1n) is 12.5. The van der Waals surface area contributed by atoms with Gasteiger partial charge in [0.05, 0.1) is 25.6 Å². The van der Waals surface area contributed by atoms with Gasteiger partial charge in [-0.3, -0.25) is 4.79 Å². The van der Waals surface area contributed by atoms with E-state index in [4.69, 9.17) is 25.8 Å². The first-order valence-corrected chi connectivity index (χ1v) is 12.9. The Hall–Kier alpha value is -4.24. The summed E-state index contributed by atoms with van der Waals surface area (Å²) in [5, 5.41) is 10.5. The van der Waals surface area contributed by atoms with Gasteiger partial charge in [0.25, 0.3) is 0 Å². The van der Waals surface area contributed by atoms with Crippen molar-refractivity contribution in [3.05, 3.63) is 82.5 Å². The summed E-state index contributed by atoms with van der Waals surface area (Å²) in [7, 11) is 3.14. The Morgan fingerprint density at radius 3 is 2.64 bits per heavy atom. The van der Waals surface area contributed by atoms with Crippen molar-refractivity contribution >= 4 is 34.5 Å². The number of aliphatic carboxylic acids is 1. The Morgan fingerprint density at radius 2 is 1.87 bits per heavy atom. The van der Waals surface area contributed by atoms with Gasteiger partial charge in [0.1, 0.15) is 17.1 Å². The Morgan fingerprint density at radius 1 is 1.05 bits per heavy atom. The lowest BCUT2D eigenvalue weighted by molar-refractivity contribution is -0.139. The smallest absolute Gasteiger partial charge is 0.341 e. The number of fused-ring (bicyclic) bond motifs is 2. The van der Waals surface area contributed by atoms with Crippen LogP contribution in [0.25, 0.3) is 11.0 Å². The molecule has 1 N–H and O–H groups in total. The van der Waals surface area contributed by atoms with Crippen LogP contribution in [0.2, 0.25) is 5.02 Å². The van der Waals surface area contributed by atoms with Crippen LogP contribution in [-0.2, 0) is 22.6 Å². The molecule has 0 bridgehead atoms. The number of hydrogen-bond acceptors (Lipinski definition) is 6. The third-order valence-electron chi connectivity index (χ3n) is 6.89. The number of nitrogens with zero attached hydrogens (tertiary/aromatic N) is 3. The second kappa shape index (κ2) is 11.2. The van der Waals surface area contributed by atoms with Gasteiger partial charge in [0.2, 0.25) is 11.8 Å². The maximum atomic E-state index is 13.8. The average Bonchev–Trinajstić information content (AvgIpc) is 3.36. The summed E-state index contributed by atoms with van der Waals surface area (Å²) in [4.78, 5) is 31.4. The molecule has 0 fully saturated rings. The fourth-order valence-electron chi connectivity index (χ4n) is 5.10. The maximum Gasteiger partial charge on any atom is 0.341 e. The number of aryl methyl sites for hydroxylation is 1. The van der Waals surface area contributed by atoms with Gasteiger partial charge in [-0.25, -0.2) is 4.79 Å². The highest BCUT2D eigenvalue weighted by Gasteiger charge is 2.34. The molecule has 0 spiro atoms. The van der Waals surface area contributed by atoms with Crippen LogP contribution in [0, 0.1) is 0 Å². The predicted molar refractivity (Wildman–Crippen MR) is 146 cm³/mol. The molecule has 0 saturated heterocycles. The van der Waals surface area contributed by atoms with E-state index in [0.717, 1.165) is 16.5 Å². The Kier molecular flexibility index (Phi) is 7.60. The lowest BCUT2D eigenvalue weighted by atomic mass is 9.87. The summed E-state index contributed by atoms with van der Waals surface area (Å²) in [6.45, 7) is 0.393. The number of pyridine rings is 1. The van der Waals surface area contributed by atoms with E-state index in [1.54, 1.807) is 38.5 Å². The number of carbonyl (C=O) groups excluding carboxylic acids is 1.